The van der Waals surface area contributed by atoms with Crippen molar-refractivity contribution in [1.29, 1.82) is 0 Å². The zero-order chi connectivity index (χ0) is 19.8. The Balaban J connectivity index is 1.38. The zero-order valence-electron chi connectivity index (χ0n) is 15.6. The van der Waals surface area contributed by atoms with Crippen molar-refractivity contribution in [3.05, 3.63) is 64.1 Å². The van der Waals surface area contributed by atoms with Gasteiger partial charge in [-0.3, -0.25) is 19.0 Å². The Labute approximate surface area is 170 Å². The number of rotatable bonds is 4. The molecule has 2 aromatic carbocycles. The summed E-state index contributed by atoms with van der Waals surface area (Å²) in [5, 5.41) is 14.0. The van der Waals surface area contributed by atoms with Crippen LogP contribution in [0.25, 0.3) is 16.6 Å². The second-order valence-corrected chi connectivity index (χ2v) is 8.03. The van der Waals surface area contributed by atoms with Crippen LogP contribution in [0.1, 0.15) is 24.1 Å². The summed E-state index contributed by atoms with van der Waals surface area (Å²) in [6, 6.07) is 13.8. The third-order valence-corrected chi connectivity index (χ3v) is 6.17. The third kappa shape index (κ3) is 3.29. The summed E-state index contributed by atoms with van der Waals surface area (Å²) in [5.74, 6) is 0.534. The van der Waals surface area contributed by atoms with E-state index < -0.39 is 0 Å². The molecule has 146 valence electrons. The lowest BCUT2D eigenvalue weighted by molar-refractivity contribution is -0.113. The number of benzene rings is 2. The highest BCUT2D eigenvalue weighted by Crippen LogP contribution is 2.25. The third-order valence-electron chi connectivity index (χ3n) is 5.24. The highest BCUT2D eigenvalue weighted by Gasteiger charge is 2.20. The molecule has 1 amide bonds. The standard InChI is InChI=1S/C21H19N5O2S/c27-18(22-16-10-5-7-13-6-1-2-8-14(13)16)12-29-21-25-24-20-23-19(28)15-9-3-4-11-17(15)26(20)21/h1-2,5-8,10H,3-4,9,11-12H2,(H,22,27)(H,23,24,28). The van der Waals surface area contributed by atoms with Gasteiger partial charge in [0.15, 0.2) is 5.16 Å². The van der Waals surface area contributed by atoms with E-state index in [1.165, 1.54) is 11.8 Å². The van der Waals surface area contributed by atoms with Gasteiger partial charge in [0, 0.05) is 22.3 Å². The smallest absolute Gasteiger partial charge is 0.255 e. The number of carbonyl (C=O) groups is 1. The molecule has 0 aliphatic heterocycles. The van der Waals surface area contributed by atoms with Gasteiger partial charge in [0.2, 0.25) is 11.7 Å². The fraction of sp³-hybridized carbons (Fsp3) is 0.238. The van der Waals surface area contributed by atoms with E-state index in [1.54, 1.807) is 0 Å². The molecule has 0 radical (unpaired) electrons. The second kappa shape index (κ2) is 7.36. The number of aromatic nitrogens is 4. The molecular weight excluding hydrogens is 386 g/mol. The summed E-state index contributed by atoms with van der Waals surface area (Å²) in [6.45, 7) is 0. The number of amides is 1. The van der Waals surface area contributed by atoms with Crippen molar-refractivity contribution >= 4 is 39.9 Å². The van der Waals surface area contributed by atoms with Crippen molar-refractivity contribution in [2.75, 3.05) is 11.1 Å². The molecule has 7 nitrogen and oxygen atoms in total. The van der Waals surface area contributed by atoms with Crippen LogP contribution < -0.4 is 10.9 Å². The van der Waals surface area contributed by atoms with Gasteiger partial charge in [-0.1, -0.05) is 48.2 Å². The number of H-pyrrole nitrogens is 1. The van der Waals surface area contributed by atoms with Gasteiger partial charge in [-0.05, 0) is 37.1 Å². The quantitative estimate of drug-likeness (QED) is 0.509. The molecule has 0 saturated carbocycles. The molecule has 0 atom stereocenters. The average molecular weight is 405 g/mol. The molecule has 1 aliphatic rings. The number of aromatic amines is 1. The summed E-state index contributed by atoms with van der Waals surface area (Å²) in [4.78, 5) is 27.6. The van der Waals surface area contributed by atoms with E-state index in [4.69, 9.17) is 0 Å². The van der Waals surface area contributed by atoms with Gasteiger partial charge in [-0.25, -0.2) is 0 Å². The average Bonchev–Trinajstić information content (AvgIpc) is 3.16. The SMILES string of the molecule is O=C(CSc1nnc2[nH]c(=O)c3c(n12)CCCC3)Nc1cccc2ccccc12. The van der Waals surface area contributed by atoms with Crippen LogP contribution in [0, 0.1) is 0 Å². The Morgan fingerprint density at radius 3 is 2.86 bits per heavy atom. The van der Waals surface area contributed by atoms with Crippen LogP contribution in [-0.2, 0) is 17.6 Å². The first-order chi connectivity index (χ1) is 14.2. The molecule has 4 aromatic rings. The maximum atomic E-state index is 12.6. The van der Waals surface area contributed by atoms with E-state index in [-0.39, 0.29) is 17.2 Å². The van der Waals surface area contributed by atoms with Gasteiger partial charge in [0.25, 0.3) is 5.56 Å². The van der Waals surface area contributed by atoms with Gasteiger partial charge in [0.05, 0.1) is 5.75 Å². The van der Waals surface area contributed by atoms with Crippen molar-refractivity contribution in [2.45, 2.75) is 30.8 Å². The molecular formula is C21H19N5O2S. The molecule has 2 N–H and O–H groups in total. The zero-order valence-corrected chi connectivity index (χ0v) is 16.5. The topological polar surface area (TPSA) is 92.2 Å². The number of fused-ring (bicyclic) bond motifs is 4. The van der Waals surface area contributed by atoms with Crippen LogP contribution in [0.5, 0.6) is 0 Å². The maximum absolute atomic E-state index is 12.6. The number of anilines is 1. The lowest BCUT2D eigenvalue weighted by Crippen LogP contribution is -2.23. The molecule has 0 unspecified atom stereocenters. The van der Waals surface area contributed by atoms with Crippen LogP contribution >= 0.6 is 11.8 Å². The van der Waals surface area contributed by atoms with Gasteiger partial charge in [-0.15, -0.1) is 10.2 Å². The van der Waals surface area contributed by atoms with Crippen LogP contribution in [0.3, 0.4) is 0 Å². The Hall–Kier alpha value is -3.13. The van der Waals surface area contributed by atoms with Gasteiger partial charge < -0.3 is 5.32 Å². The number of carbonyl (C=O) groups excluding carboxylic acids is 1. The first-order valence-electron chi connectivity index (χ1n) is 9.60. The van der Waals surface area contributed by atoms with Gasteiger partial charge in [-0.2, -0.15) is 0 Å². The van der Waals surface area contributed by atoms with Crippen molar-refractivity contribution in [1.82, 2.24) is 19.6 Å². The molecule has 2 heterocycles. The maximum Gasteiger partial charge on any atom is 0.255 e. The summed E-state index contributed by atoms with van der Waals surface area (Å²) >= 11 is 1.32. The van der Waals surface area contributed by atoms with Crippen molar-refractivity contribution in [3.63, 3.8) is 0 Å². The van der Waals surface area contributed by atoms with Crippen LogP contribution in [0.15, 0.2) is 52.4 Å². The van der Waals surface area contributed by atoms with Gasteiger partial charge in [0.1, 0.15) is 0 Å². The molecule has 8 heteroatoms. The Kier molecular flexibility index (Phi) is 4.55. The molecule has 5 rings (SSSR count). The minimum atomic E-state index is -0.110. The van der Waals surface area contributed by atoms with E-state index in [2.05, 4.69) is 20.5 Å². The number of hydrogen-bond acceptors (Lipinski definition) is 5. The van der Waals surface area contributed by atoms with Crippen molar-refractivity contribution in [3.8, 4) is 0 Å². The fourth-order valence-electron chi connectivity index (χ4n) is 3.90. The number of nitrogens with zero attached hydrogens (tertiary/aromatic N) is 3. The molecule has 2 aromatic heterocycles. The lowest BCUT2D eigenvalue weighted by atomic mass is 9.97. The summed E-state index contributed by atoms with van der Waals surface area (Å²) in [6.07, 6.45) is 3.64. The molecule has 0 saturated heterocycles. The van der Waals surface area contributed by atoms with Crippen molar-refractivity contribution < 1.29 is 4.79 Å². The lowest BCUT2D eigenvalue weighted by Gasteiger charge is -2.16. The monoisotopic (exact) mass is 405 g/mol. The second-order valence-electron chi connectivity index (χ2n) is 7.09. The van der Waals surface area contributed by atoms with Crippen LogP contribution in [0.2, 0.25) is 0 Å². The molecule has 29 heavy (non-hydrogen) atoms. The van der Waals surface area contributed by atoms with Crippen LogP contribution in [-0.4, -0.2) is 31.2 Å². The highest BCUT2D eigenvalue weighted by molar-refractivity contribution is 7.99. The first-order valence-corrected chi connectivity index (χ1v) is 10.6. The Morgan fingerprint density at radius 1 is 1.10 bits per heavy atom. The summed E-state index contributed by atoms with van der Waals surface area (Å²) < 4.78 is 1.89. The van der Waals surface area contributed by atoms with E-state index in [0.717, 1.165) is 53.4 Å². The largest absolute Gasteiger partial charge is 0.325 e. The predicted molar refractivity (Wildman–Crippen MR) is 114 cm³/mol. The summed E-state index contributed by atoms with van der Waals surface area (Å²) in [5.41, 5.74) is 2.49. The predicted octanol–water partition coefficient (Wildman–Crippen LogP) is 3.18. The van der Waals surface area contributed by atoms with Crippen molar-refractivity contribution in [2.24, 2.45) is 0 Å². The highest BCUT2D eigenvalue weighted by atomic mass is 32.2. The number of nitrogens with one attached hydrogen (secondary N) is 2. The molecule has 0 fully saturated rings. The molecule has 0 spiro atoms. The van der Waals surface area contributed by atoms with Crippen LogP contribution in [0.4, 0.5) is 5.69 Å². The first kappa shape index (κ1) is 17.9. The molecule has 1 aliphatic carbocycles. The number of aryl methyl sites for hydroxylation is 1. The normalized spacial score (nSPS) is 13.5. The number of thioether (sulfide) groups is 1. The van der Waals surface area contributed by atoms with E-state index in [9.17, 15) is 9.59 Å². The van der Waals surface area contributed by atoms with E-state index >= 15 is 0 Å². The number of hydrogen-bond donors (Lipinski definition) is 2. The summed E-state index contributed by atoms with van der Waals surface area (Å²) in [7, 11) is 0. The molecule has 0 bridgehead atoms. The Morgan fingerprint density at radius 2 is 1.93 bits per heavy atom. The minimum absolute atomic E-state index is 0.0788. The van der Waals surface area contributed by atoms with E-state index in [1.807, 2.05) is 46.9 Å². The van der Waals surface area contributed by atoms with E-state index in [0.29, 0.717) is 10.9 Å². The van der Waals surface area contributed by atoms with Gasteiger partial charge >= 0.3 is 0 Å². The fourth-order valence-corrected chi connectivity index (χ4v) is 4.65. The minimum Gasteiger partial charge on any atom is -0.325 e. The Bertz CT molecular complexity index is 1290.